The molecule has 94 valence electrons. The Morgan fingerprint density at radius 2 is 1.71 bits per heavy atom. The molecule has 1 unspecified atom stereocenters. The lowest BCUT2D eigenvalue weighted by molar-refractivity contribution is -0.119. The molecule has 0 fully saturated rings. The first-order valence-corrected chi connectivity index (χ1v) is 6.37. The van der Waals surface area contributed by atoms with Crippen molar-refractivity contribution in [3.63, 3.8) is 0 Å². The summed E-state index contributed by atoms with van der Waals surface area (Å²) in [6.45, 7) is 7.93. The highest BCUT2D eigenvalue weighted by molar-refractivity contribution is 5.81. The Bertz CT molecular complexity index is 354. The second kappa shape index (κ2) is 6.55. The minimum atomic E-state index is -0.0672. The van der Waals surface area contributed by atoms with Gasteiger partial charge in [-0.3, -0.25) is 4.79 Å². The summed E-state index contributed by atoms with van der Waals surface area (Å²) in [5, 5.41) is 3.31. The van der Waals surface area contributed by atoms with Crippen LogP contribution in [0.5, 0.6) is 0 Å². The van der Waals surface area contributed by atoms with Crippen LogP contribution in [-0.4, -0.2) is 17.9 Å². The molecule has 17 heavy (non-hydrogen) atoms. The van der Waals surface area contributed by atoms with E-state index in [1.165, 1.54) is 11.1 Å². The summed E-state index contributed by atoms with van der Waals surface area (Å²) in [6, 6.07) is 8.79. The molecule has 0 saturated carbocycles. The largest absolute Gasteiger partial charge is 0.305 e. The first-order valence-electron chi connectivity index (χ1n) is 6.37. The van der Waals surface area contributed by atoms with Crippen LogP contribution < -0.4 is 5.32 Å². The molecule has 0 aliphatic heterocycles. The van der Waals surface area contributed by atoms with Crippen LogP contribution in [0.2, 0.25) is 0 Å². The zero-order valence-corrected chi connectivity index (χ0v) is 11.3. The van der Waals surface area contributed by atoms with Gasteiger partial charge in [0.2, 0.25) is 0 Å². The van der Waals surface area contributed by atoms with E-state index >= 15 is 0 Å². The second-order valence-corrected chi connectivity index (χ2v) is 4.86. The van der Waals surface area contributed by atoms with Gasteiger partial charge in [-0.15, -0.1) is 0 Å². The lowest BCUT2D eigenvalue weighted by atomic mass is 10.0. The number of aryl methyl sites for hydroxylation is 1. The molecule has 0 amide bonds. The minimum Gasteiger partial charge on any atom is -0.305 e. The molecule has 0 aliphatic carbocycles. The molecule has 1 atom stereocenters. The van der Waals surface area contributed by atoms with Crippen molar-refractivity contribution in [2.75, 3.05) is 0 Å². The van der Waals surface area contributed by atoms with Crippen LogP contribution in [0.1, 0.15) is 38.8 Å². The number of hydrogen-bond donors (Lipinski definition) is 1. The van der Waals surface area contributed by atoms with E-state index in [2.05, 4.69) is 50.4 Å². The van der Waals surface area contributed by atoms with Gasteiger partial charge in [0.1, 0.15) is 5.78 Å². The van der Waals surface area contributed by atoms with Crippen molar-refractivity contribution in [2.24, 2.45) is 0 Å². The molecule has 0 aliphatic rings. The minimum absolute atomic E-state index is 0.0672. The fourth-order valence-electron chi connectivity index (χ4n) is 1.87. The van der Waals surface area contributed by atoms with Crippen LogP contribution in [0.3, 0.4) is 0 Å². The summed E-state index contributed by atoms with van der Waals surface area (Å²) in [5.74, 6) is 0.207. The smallest absolute Gasteiger partial charge is 0.147 e. The summed E-state index contributed by atoms with van der Waals surface area (Å²) in [7, 11) is 0. The predicted molar refractivity (Wildman–Crippen MR) is 72.3 cm³/mol. The van der Waals surface area contributed by atoms with Gasteiger partial charge in [-0.25, -0.2) is 0 Å². The molecule has 1 aromatic carbocycles. The third-order valence-corrected chi connectivity index (χ3v) is 2.90. The maximum atomic E-state index is 11.5. The van der Waals surface area contributed by atoms with Gasteiger partial charge >= 0.3 is 0 Å². The summed E-state index contributed by atoms with van der Waals surface area (Å²) >= 11 is 0. The van der Waals surface area contributed by atoms with Crippen LogP contribution in [0.4, 0.5) is 0 Å². The van der Waals surface area contributed by atoms with E-state index in [1.807, 2.05) is 0 Å². The average Bonchev–Trinajstić information content (AvgIpc) is 2.28. The van der Waals surface area contributed by atoms with Crippen molar-refractivity contribution in [3.05, 3.63) is 35.4 Å². The number of Topliss-reactive ketones (excluding diaryl/α,β-unsaturated/α-hetero) is 1. The topological polar surface area (TPSA) is 29.1 Å². The summed E-state index contributed by atoms with van der Waals surface area (Å²) in [5.41, 5.74) is 2.56. The first kappa shape index (κ1) is 13.9. The van der Waals surface area contributed by atoms with Crippen molar-refractivity contribution >= 4 is 5.78 Å². The predicted octanol–water partition coefficient (Wildman–Crippen LogP) is 2.75. The van der Waals surface area contributed by atoms with Crippen LogP contribution >= 0.6 is 0 Å². The number of ketones is 1. The maximum Gasteiger partial charge on any atom is 0.147 e. The highest BCUT2D eigenvalue weighted by atomic mass is 16.1. The van der Waals surface area contributed by atoms with Gasteiger partial charge in [-0.05, 0) is 30.9 Å². The average molecular weight is 233 g/mol. The van der Waals surface area contributed by atoms with Gasteiger partial charge in [0.25, 0.3) is 0 Å². The van der Waals surface area contributed by atoms with Gasteiger partial charge < -0.3 is 5.32 Å². The van der Waals surface area contributed by atoms with E-state index in [0.717, 1.165) is 12.8 Å². The number of carbonyl (C=O) groups is 1. The lowest BCUT2D eigenvalue weighted by Gasteiger charge is -2.18. The summed E-state index contributed by atoms with van der Waals surface area (Å²) < 4.78 is 0. The van der Waals surface area contributed by atoms with E-state index in [1.54, 1.807) is 6.92 Å². The molecule has 0 spiro atoms. The number of rotatable bonds is 6. The molecule has 0 bridgehead atoms. The fourth-order valence-corrected chi connectivity index (χ4v) is 1.87. The van der Waals surface area contributed by atoms with Gasteiger partial charge in [0, 0.05) is 6.04 Å². The Labute approximate surface area is 104 Å². The molecule has 1 aromatic rings. The highest BCUT2D eigenvalue weighted by Crippen LogP contribution is 2.08. The highest BCUT2D eigenvalue weighted by Gasteiger charge is 2.15. The molecule has 0 saturated heterocycles. The molecule has 0 heterocycles. The molecule has 1 N–H and O–H groups in total. The van der Waals surface area contributed by atoms with Crippen molar-refractivity contribution in [2.45, 2.75) is 52.6 Å². The van der Waals surface area contributed by atoms with Crippen molar-refractivity contribution in [3.8, 4) is 0 Å². The first-order chi connectivity index (χ1) is 8.02. The van der Waals surface area contributed by atoms with E-state index in [0.29, 0.717) is 6.04 Å². The van der Waals surface area contributed by atoms with Crippen LogP contribution in [-0.2, 0) is 17.6 Å². The van der Waals surface area contributed by atoms with Gasteiger partial charge in [0.15, 0.2) is 0 Å². The Hall–Kier alpha value is -1.15. The number of benzene rings is 1. The van der Waals surface area contributed by atoms with Crippen LogP contribution in [0, 0.1) is 0 Å². The zero-order valence-electron chi connectivity index (χ0n) is 11.3. The van der Waals surface area contributed by atoms with Crippen molar-refractivity contribution in [1.82, 2.24) is 5.32 Å². The number of hydrogen-bond acceptors (Lipinski definition) is 2. The molecular formula is C15H23NO. The normalized spacial score (nSPS) is 12.8. The molecule has 1 rings (SSSR count). The van der Waals surface area contributed by atoms with E-state index in [4.69, 9.17) is 0 Å². The maximum absolute atomic E-state index is 11.5. The standard InChI is InChI=1S/C15H23NO/c1-5-13-6-8-14(9-7-13)10-15(12(4)17)16-11(2)3/h6-9,11,15-16H,5,10H2,1-4H3. The SMILES string of the molecule is CCc1ccc(CC(NC(C)C)C(C)=O)cc1. The fraction of sp³-hybridized carbons (Fsp3) is 0.533. The van der Waals surface area contributed by atoms with Crippen molar-refractivity contribution < 1.29 is 4.79 Å². The quantitative estimate of drug-likeness (QED) is 0.818. The molecule has 0 radical (unpaired) electrons. The van der Waals surface area contributed by atoms with Gasteiger partial charge in [0.05, 0.1) is 6.04 Å². The Balaban J connectivity index is 2.68. The molecule has 2 heteroatoms. The van der Waals surface area contributed by atoms with Gasteiger partial charge in [-0.1, -0.05) is 45.0 Å². The summed E-state index contributed by atoms with van der Waals surface area (Å²) in [6.07, 6.45) is 1.83. The monoisotopic (exact) mass is 233 g/mol. The zero-order chi connectivity index (χ0) is 12.8. The van der Waals surface area contributed by atoms with E-state index < -0.39 is 0 Å². The molecule has 2 nitrogen and oxygen atoms in total. The number of carbonyl (C=O) groups excluding carboxylic acids is 1. The van der Waals surface area contributed by atoms with Gasteiger partial charge in [-0.2, -0.15) is 0 Å². The van der Waals surface area contributed by atoms with E-state index in [-0.39, 0.29) is 11.8 Å². The Kier molecular flexibility index (Phi) is 5.36. The Morgan fingerprint density at radius 3 is 2.12 bits per heavy atom. The Morgan fingerprint density at radius 1 is 1.18 bits per heavy atom. The van der Waals surface area contributed by atoms with Crippen LogP contribution in [0.25, 0.3) is 0 Å². The molecule has 0 aromatic heterocycles. The number of nitrogens with one attached hydrogen (secondary N) is 1. The summed E-state index contributed by atoms with van der Waals surface area (Å²) in [4.78, 5) is 11.5. The van der Waals surface area contributed by atoms with E-state index in [9.17, 15) is 4.79 Å². The van der Waals surface area contributed by atoms with Crippen LogP contribution in [0.15, 0.2) is 24.3 Å². The van der Waals surface area contributed by atoms with Crippen molar-refractivity contribution in [1.29, 1.82) is 0 Å². The lowest BCUT2D eigenvalue weighted by Crippen LogP contribution is -2.41. The second-order valence-electron chi connectivity index (χ2n) is 4.86. The third-order valence-electron chi connectivity index (χ3n) is 2.90. The third kappa shape index (κ3) is 4.70. The molecular weight excluding hydrogens is 210 g/mol.